The Labute approximate surface area is 112 Å². The fourth-order valence-corrected chi connectivity index (χ4v) is 1.61. The van der Waals surface area contributed by atoms with E-state index in [-0.39, 0.29) is 18.4 Å². The quantitative estimate of drug-likeness (QED) is 0.494. The lowest BCUT2D eigenvalue weighted by molar-refractivity contribution is -0.128. The lowest BCUT2D eigenvalue weighted by Gasteiger charge is -2.17. The molecule has 0 spiro atoms. The van der Waals surface area contributed by atoms with Crippen molar-refractivity contribution in [2.75, 3.05) is 19.6 Å². The zero-order chi connectivity index (χ0) is 14.1. The first-order valence-electron chi connectivity index (χ1n) is 6.42. The van der Waals surface area contributed by atoms with Crippen LogP contribution >= 0.6 is 0 Å². The molecule has 0 fully saturated rings. The van der Waals surface area contributed by atoms with E-state index in [1.54, 1.807) is 12.5 Å². The predicted molar refractivity (Wildman–Crippen MR) is 71.4 cm³/mol. The highest BCUT2D eigenvalue weighted by atomic mass is 16.2. The van der Waals surface area contributed by atoms with Crippen LogP contribution in [0, 0.1) is 0 Å². The standard InChI is InChI=1S/C12H21N5O2/c1-3-13-7-11(18)17-10(12(19)15-4-2)5-9-6-14-8-16-9/h6,8,10,13H,3-5,7H2,1-2H3,(H,14,16)(H,15,19)(H,17,18). The van der Waals surface area contributed by atoms with Gasteiger partial charge < -0.3 is 20.9 Å². The van der Waals surface area contributed by atoms with E-state index in [1.807, 2.05) is 13.8 Å². The van der Waals surface area contributed by atoms with E-state index in [9.17, 15) is 9.59 Å². The van der Waals surface area contributed by atoms with Gasteiger partial charge in [0.1, 0.15) is 6.04 Å². The van der Waals surface area contributed by atoms with E-state index in [0.717, 1.165) is 5.69 Å². The summed E-state index contributed by atoms with van der Waals surface area (Å²) in [7, 11) is 0. The van der Waals surface area contributed by atoms with Crippen molar-refractivity contribution in [2.24, 2.45) is 0 Å². The molecule has 1 aromatic heterocycles. The van der Waals surface area contributed by atoms with Crippen molar-refractivity contribution in [3.63, 3.8) is 0 Å². The van der Waals surface area contributed by atoms with Crippen molar-refractivity contribution < 1.29 is 9.59 Å². The maximum atomic E-state index is 11.9. The first-order valence-corrected chi connectivity index (χ1v) is 6.42. The van der Waals surface area contributed by atoms with Gasteiger partial charge in [-0.05, 0) is 13.5 Å². The van der Waals surface area contributed by atoms with Crippen LogP contribution in [-0.2, 0) is 16.0 Å². The normalized spacial score (nSPS) is 11.9. The number of likely N-dealkylation sites (N-methyl/N-ethyl adjacent to an activating group) is 2. The number of H-pyrrole nitrogens is 1. The minimum absolute atomic E-state index is 0.193. The molecule has 1 aromatic rings. The monoisotopic (exact) mass is 267 g/mol. The van der Waals surface area contributed by atoms with E-state index >= 15 is 0 Å². The Bertz CT molecular complexity index is 391. The van der Waals surface area contributed by atoms with E-state index in [0.29, 0.717) is 19.5 Å². The maximum absolute atomic E-state index is 11.9. The van der Waals surface area contributed by atoms with Gasteiger partial charge in [-0.3, -0.25) is 9.59 Å². The van der Waals surface area contributed by atoms with E-state index < -0.39 is 6.04 Å². The molecular weight excluding hydrogens is 246 g/mol. The molecule has 0 aliphatic heterocycles. The third-order valence-corrected chi connectivity index (χ3v) is 2.52. The second-order valence-corrected chi connectivity index (χ2v) is 4.08. The minimum atomic E-state index is -0.591. The highest BCUT2D eigenvalue weighted by Gasteiger charge is 2.20. The van der Waals surface area contributed by atoms with E-state index in [2.05, 4.69) is 25.9 Å². The van der Waals surface area contributed by atoms with Crippen LogP contribution in [0.5, 0.6) is 0 Å². The smallest absolute Gasteiger partial charge is 0.242 e. The molecule has 1 unspecified atom stereocenters. The Balaban J connectivity index is 2.58. The van der Waals surface area contributed by atoms with Gasteiger partial charge in [0, 0.05) is 24.9 Å². The lowest BCUT2D eigenvalue weighted by atomic mass is 10.1. The Morgan fingerprint density at radius 2 is 2.16 bits per heavy atom. The lowest BCUT2D eigenvalue weighted by Crippen LogP contribution is -2.50. The number of carbonyl (C=O) groups is 2. The van der Waals surface area contributed by atoms with Gasteiger partial charge in [0.2, 0.25) is 11.8 Å². The molecule has 1 heterocycles. The summed E-state index contributed by atoms with van der Waals surface area (Å²) in [6, 6.07) is -0.591. The Hall–Kier alpha value is -1.89. The van der Waals surface area contributed by atoms with Crippen LogP contribution in [0.1, 0.15) is 19.5 Å². The molecule has 106 valence electrons. The maximum Gasteiger partial charge on any atom is 0.242 e. The molecule has 0 aliphatic carbocycles. The van der Waals surface area contributed by atoms with Gasteiger partial charge in [0.15, 0.2) is 0 Å². The Morgan fingerprint density at radius 1 is 1.37 bits per heavy atom. The summed E-state index contributed by atoms with van der Waals surface area (Å²) in [5.41, 5.74) is 0.806. The second-order valence-electron chi connectivity index (χ2n) is 4.08. The fourth-order valence-electron chi connectivity index (χ4n) is 1.61. The molecular formula is C12H21N5O2. The number of amides is 2. The van der Waals surface area contributed by atoms with Crippen molar-refractivity contribution in [3.8, 4) is 0 Å². The molecule has 7 nitrogen and oxygen atoms in total. The largest absolute Gasteiger partial charge is 0.355 e. The number of hydrogen-bond acceptors (Lipinski definition) is 4. The number of aromatic nitrogens is 2. The van der Waals surface area contributed by atoms with Crippen LogP contribution in [0.3, 0.4) is 0 Å². The summed E-state index contributed by atoms with van der Waals surface area (Å²) in [4.78, 5) is 30.4. The summed E-state index contributed by atoms with van der Waals surface area (Å²) in [6.45, 7) is 5.20. The van der Waals surface area contributed by atoms with Gasteiger partial charge in [-0.1, -0.05) is 6.92 Å². The SMILES string of the molecule is CCNCC(=O)NC(Cc1cnc[nH]1)C(=O)NCC. The summed E-state index contributed by atoms with van der Waals surface area (Å²) in [5.74, 6) is -0.389. The van der Waals surface area contributed by atoms with Crippen LogP contribution in [-0.4, -0.2) is 47.5 Å². The molecule has 19 heavy (non-hydrogen) atoms. The van der Waals surface area contributed by atoms with E-state index in [1.165, 1.54) is 0 Å². The molecule has 1 rings (SSSR count). The Kier molecular flexibility index (Phi) is 6.59. The average molecular weight is 267 g/mol. The fraction of sp³-hybridized carbons (Fsp3) is 0.583. The molecule has 0 radical (unpaired) electrons. The topological polar surface area (TPSA) is 98.9 Å². The molecule has 1 atom stereocenters. The number of rotatable bonds is 8. The van der Waals surface area contributed by atoms with Crippen molar-refractivity contribution in [1.29, 1.82) is 0 Å². The summed E-state index contributed by atoms with van der Waals surface area (Å²) in [5, 5.41) is 8.34. The summed E-state index contributed by atoms with van der Waals surface area (Å²) < 4.78 is 0. The second kappa shape index (κ2) is 8.25. The van der Waals surface area contributed by atoms with Gasteiger partial charge in [-0.25, -0.2) is 4.98 Å². The average Bonchev–Trinajstić information content (AvgIpc) is 2.88. The molecule has 0 saturated carbocycles. The van der Waals surface area contributed by atoms with Crippen LogP contribution in [0.15, 0.2) is 12.5 Å². The van der Waals surface area contributed by atoms with E-state index in [4.69, 9.17) is 0 Å². The van der Waals surface area contributed by atoms with Crippen molar-refractivity contribution in [3.05, 3.63) is 18.2 Å². The first-order chi connectivity index (χ1) is 9.17. The molecule has 7 heteroatoms. The van der Waals surface area contributed by atoms with Crippen LogP contribution in [0.2, 0.25) is 0 Å². The molecule has 4 N–H and O–H groups in total. The zero-order valence-electron chi connectivity index (χ0n) is 11.3. The van der Waals surface area contributed by atoms with Gasteiger partial charge in [-0.2, -0.15) is 0 Å². The van der Waals surface area contributed by atoms with Crippen LogP contribution in [0.25, 0.3) is 0 Å². The van der Waals surface area contributed by atoms with Crippen molar-refractivity contribution >= 4 is 11.8 Å². The van der Waals surface area contributed by atoms with Crippen LogP contribution in [0.4, 0.5) is 0 Å². The van der Waals surface area contributed by atoms with Gasteiger partial charge in [0.25, 0.3) is 0 Å². The van der Waals surface area contributed by atoms with Gasteiger partial charge >= 0.3 is 0 Å². The van der Waals surface area contributed by atoms with Gasteiger partial charge in [-0.15, -0.1) is 0 Å². The third-order valence-electron chi connectivity index (χ3n) is 2.52. The number of aromatic amines is 1. The number of nitrogens with zero attached hydrogens (tertiary/aromatic N) is 1. The molecule has 2 amide bonds. The highest BCUT2D eigenvalue weighted by Crippen LogP contribution is 1.99. The summed E-state index contributed by atoms with van der Waals surface area (Å²) >= 11 is 0. The number of carbonyl (C=O) groups excluding carboxylic acids is 2. The first kappa shape index (κ1) is 15.2. The number of nitrogens with one attached hydrogen (secondary N) is 4. The zero-order valence-corrected chi connectivity index (χ0v) is 11.3. The van der Waals surface area contributed by atoms with Gasteiger partial charge in [0.05, 0.1) is 12.9 Å². The number of hydrogen-bond donors (Lipinski definition) is 4. The number of imidazole rings is 1. The molecule has 0 aromatic carbocycles. The molecule has 0 saturated heterocycles. The van der Waals surface area contributed by atoms with Crippen LogP contribution < -0.4 is 16.0 Å². The van der Waals surface area contributed by atoms with Crippen molar-refractivity contribution in [2.45, 2.75) is 26.3 Å². The predicted octanol–water partition coefficient (Wildman–Crippen LogP) is -0.817. The minimum Gasteiger partial charge on any atom is -0.355 e. The highest BCUT2D eigenvalue weighted by molar-refractivity contribution is 5.88. The Morgan fingerprint density at radius 3 is 2.74 bits per heavy atom. The molecule has 0 bridgehead atoms. The molecule has 0 aliphatic rings. The van der Waals surface area contributed by atoms with Crippen molar-refractivity contribution in [1.82, 2.24) is 25.9 Å². The summed E-state index contributed by atoms with van der Waals surface area (Å²) in [6.07, 6.45) is 3.58. The third kappa shape index (κ3) is 5.52.